The molecule has 2 amide bonds. The monoisotopic (exact) mass is 492 g/mol. The Balaban J connectivity index is 1.68. The van der Waals surface area contributed by atoms with Crippen molar-refractivity contribution < 1.29 is 33.3 Å². The van der Waals surface area contributed by atoms with Crippen LogP contribution in [0.25, 0.3) is 11.3 Å². The molecular weight excluding hydrogens is 464 g/mol. The maximum absolute atomic E-state index is 13.5. The molecule has 1 atom stereocenters. The van der Waals surface area contributed by atoms with Crippen molar-refractivity contribution in [2.45, 2.75) is 29.5 Å². The number of carbonyl (C=O) groups excluding carboxylic acids is 1. The predicted molar refractivity (Wildman–Crippen MR) is 124 cm³/mol. The van der Waals surface area contributed by atoms with Crippen LogP contribution in [0.2, 0.25) is 0 Å². The molecular formula is C22H28N4O7S. The highest BCUT2D eigenvalue weighted by molar-refractivity contribution is 8.23. The fourth-order valence-electron chi connectivity index (χ4n) is 5.05. The first kappa shape index (κ1) is 23.0. The second-order valence-electron chi connectivity index (χ2n) is 8.70. The number of hydrogen-bond donors (Lipinski definition) is 3. The highest BCUT2D eigenvalue weighted by atomic mass is 32.3. The van der Waals surface area contributed by atoms with Crippen LogP contribution < -0.4 is 4.74 Å². The van der Waals surface area contributed by atoms with Crippen LogP contribution in [0.1, 0.15) is 34.9 Å². The molecule has 11 nitrogen and oxygen atoms in total. The van der Waals surface area contributed by atoms with Crippen molar-refractivity contribution >= 4 is 22.6 Å². The van der Waals surface area contributed by atoms with Crippen LogP contribution in [0.4, 0.5) is 4.79 Å². The highest BCUT2D eigenvalue weighted by Gasteiger charge is 2.40. The van der Waals surface area contributed by atoms with Crippen LogP contribution in [0, 0.1) is 0 Å². The van der Waals surface area contributed by atoms with E-state index in [1.54, 1.807) is 27.8 Å². The molecule has 184 valence electrons. The molecule has 3 aliphatic rings. The summed E-state index contributed by atoms with van der Waals surface area (Å²) in [6.45, 7) is 2.40. The van der Waals surface area contributed by atoms with E-state index in [-0.39, 0.29) is 29.9 Å². The van der Waals surface area contributed by atoms with Crippen molar-refractivity contribution in [1.82, 2.24) is 19.6 Å². The Labute approximate surface area is 198 Å². The minimum absolute atomic E-state index is 0.156. The molecule has 0 aliphatic carbocycles. The molecule has 0 bridgehead atoms. The van der Waals surface area contributed by atoms with Crippen LogP contribution in [0.15, 0.2) is 23.1 Å². The molecule has 0 saturated carbocycles. The first-order valence-electron chi connectivity index (χ1n) is 11.2. The molecule has 12 heteroatoms. The number of ether oxygens (including phenoxy) is 2. The van der Waals surface area contributed by atoms with Gasteiger partial charge in [-0.3, -0.25) is 18.6 Å². The average Bonchev–Trinajstić information content (AvgIpc) is 3.22. The summed E-state index contributed by atoms with van der Waals surface area (Å²) >= 11 is 0. The van der Waals surface area contributed by atoms with Crippen LogP contribution in [-0.4, -0.2) is 92.3 Å². The van der Waals surface area contributed by atoms with E-state index in [1.807, 2.05) is 0 Å². The smallest absolute Gasteiger partial charge is 0.407 e. The van der Waals surface area contributed by atoms with Gasteiger partial charge in [0.05, 0.1) is 37.8 Å². The fraction of sp³-hybridized carbons (Fsp3) is 0.500. The first-order valence-corrected chi connectivity index (χ1v) is 12.9. The largest absolute Gasteiger partial charge is 0.495 e. The molecule has 2 aromatic rings. The molecule has 3 N–H and O–H groups in total. The van der Waals surface area contributed by atoms with Crippen molar-refractivity contribution in [3.8, 4) is 17.0 Å². The van der Waals surface area contributed by atoms with E-state index in [9.17, 15) is 23.8 Å². The second-order valence-corrected chi connectivity index (χ2v) is 10.7. The average molecular weight is 493 g/mol. The summed E-state index contributed by atoms with van der Waals surface area (Å²) in [6.07, 6.45) is 0.364. The summed E-state index contributed by atoms with van der Waals surface area (Å²) in [7, 11) is -1.84. The van der Waals surface area contributed by atoms with Gasteiger partial charge < -0.3 is 24.4 Å². The fourth-order valence-corrected chi connectivity index (χ4v) is 6.86. The number of carbonyl (C=O) groups is 2. The van der Waals surface area contributed by atoms with E-state index in [0.29, 0.717) is 73.2 Å². The van der Waals surface area contributed by atoms with Crippen LogP contribution in [0.5, 0.6) is 5.75 Å². The molecule has 3 aliphatic heterocycles. The molecule has 2 saturated heterocycles. The maximum Gasteiger partial charge on any atom is 0.407 e. The van der Waals surface area contributed by atoms with Crippen molar-refractivity contribution in [3.63, 3.8) is 0 Å². The van der Waals surface area contributed by atoms with Gasteiger partial charge in [-0.2, -0.15) is 15.7 Å². The van der Waals surface area contributed by atoms with Gasteiger partial charge in [0.1, 0.15) is 10.6 Å². The van der Waals surface area contributed by atoms with E-state index in [2.05, 4.69) is 0 Å². The SMILES string of the molecule is COc1cccc2c1S(O)(O)Cc1c(C(=O)N3CCOCC3)nn(C3CCCN(C(=O)O)C3)c1-2. The third-order valence-electron chi connectivity index (χ3n) is 6.65. The van der Waals surface area contributed by atoms with E-state index in [1.165, 1.54) is 12.0 Å². The van der Waals surface area contributed by atoms with Crippen molar-refractivity contribution in [2.75, 3.05) is 46.5 Å². The number of fused-ring (bicyclic) bond motifs is 3. The zero-order chi connectivity index (χ0) is 24.0. The second kappa shape index (κ2) is 8.77. The standard InChI is InChI=1S/C22H28N4O7S/c1-32-17-6-2-5-15-19-16(13-34(30,31)20(15)17)18(21(27)24-8-10-33-11-9-24)23-26(19)14-4-3-7-25(12-14)22(28)29/h2,5-6,14,30-31H,3-4,7-13H2,1H3,(H,28,29). The van der Waals surface area contributed by atoms with E-state index in [4.69, 9.17) is 14.6 Å². The number of hydrogen-bond acceptors (Lipinski definition) is 7. The first-order chi connectivity index (χ1) is 16.3. The Morgan fingerprint density at radius 1 is 1.18 bits per heavy atom. The van der Waals surface area contributed by atoms with Crippen LogP contribution in [-0.2, 0) is 10.5 Å². The number of methoxy groups -OCH3 is 1. The Morgan fingerprint density at radius 3 is 2.65 bits per heavy atom. The number of rotatable bonds is 3. The molecule has 1 aromatic carbocycles. The van der Waals surface area contributed by atoms with Gasteiger partial charge in [-0.05, 0) is 18.9 Å². The molecule has 0 radical (unpaired) electrons. The van der Waals surface area contributed by atoms with Gasteiger partial charge in [-0.1, -0.05) is 12.1 Å². The molecule has 4 heterocycles. The van der Waals surface area contributed by atoms with Gasteiger partial charge in [0, 0.05) is 37.3 Å². The minimum Gasteiger partial charge on any atom is -0.495 e. The minimum atomic E-state index is -3.30. The van der Waals surface area contributed by atoms with Crippen molar-refractivity contribution in [2.24, 2.45) is 0 Å². The maximum atomic E-state index is 13.5. The lowest BCUT2D eigenvalue weighted by Gasteiger charge is -2.39. The summed E-state index contributed by atoms with van der Waals surface area (Å²) in [4.78, 5) is 28.5. The Morgan fingerprint density at radius 2 is 1.94 bits per heavy atom. The third kappa shape index (κ3) is 3.80. The number of morpholine rings is 1. The molecule has 1 unspecified atom stereocenters. The quantitative estimate of drug-likeness (QED) is 0.595. The van der Waals surface area contributed by atoms with Crippen molar-refractivity contribution in [3.05, 3.63) is 29.5 Å². The Kier molecular flexibility index (Phi) is 5.92. The number of amides is 2. The number of aromatic nitrogens is 2. The molecule has 2 fully saturated rings. The number of likely N-dealkylation sites (tertiary alicyclic amines) is 1. The zero-order valence-electron chi connectivity index (χ0n) is 18.8. The predicted octanol–water partition coefficient (Wildman–Crippen LogP) is 2.97. The highest BCUT2D eigenvalue weighted by Crippen LogP contribution is 2.63. The Hall–Kier alpha value is -2.80. The Bertz CT molecular complexity index is 1130. The van der Waals surface area contributed by atoms with Gasteiger partial charge in [-0.25, -0.2) is 4.79 Å². The molecule has 0 spiro atoms. The topological polar surface area (TPSA) is 138 Å². The van der Waals surface area contributed by atoms with Crippen LogP contribution >= 0.6 is 10.6 Å². The summed E-state index contributed by atoms with van der Waals surface area (Å²) in [5.74, 6) is -0.0882. The zero-order valence-corrected chi connectivity index (χ0v) is 19.7. The summed E-state index contributed by atoms with van der Waals surface area (Å²) in [6, 6.07) is 4.91. The lowest BCUT2D eigenvalue weighted by molar-refractivity contribution is 0.0297. The normalized spacial score (nSPS) is 22.5. The van der Waals surface area contributed by atoms with Crippen molar-refractivity contribution in [1.29, 1.82) is 0 Å². The lowest BCUT2D eigenvalue weighted by atomic mass is 10.0. The van der Waals surface area contributed by atoms with Gasteiger partial charge >= 0.3 is 6.09 Å². The number of carboxylic acid groups (broad SMARTS) is 1. The summed E-state index contributed by atoms with van der Waals surface area (Å²) in [5.41, 5.74) is 1.82. The van der Waals surface area contributed by atoms with Gasteiger partial charge in [0.15, 0.2) is 5.69 Å². The summed E-state index contributed by atoms with van der Waals surface area (Å²) in [5, 5.41) is 14.3. The summed E-state index contributed by atoms with van der Waals surface area (Å²) < 4.78 is 34.8. The van der Waals surface area contributed by atoms with Gasteiger partial charge in [0.2, 0.25) is 0 Å². The van der Waals surface area contributed by atoms with Crippen LogP contribution in [0.3, 0.4) is 0 Å². The number of nitrogens with zero attached hydrogens (tertiary/aromatic N) is 4. The molecule has 5 rings (SSSR count). The van der Waals surface area contributed by atoms with E-state index >= 15 is 0 Å². The van der Waals surface area contributed by atoms with E-state index in [0.717, 1.165) is 0 Å². The van der Waals surface area contributed by atoms with E-state index < -0.39 is 16.7 Å². The lowest BCUT2D eigenvalue weighted by Crippen LogP contribution is -2.41. The third-order valence-corrected chi connectivity index (χ3v) is 8.41. The van der Waals surface area contributed by atoms with Gasteiger partial charge in [-0.15, -0.1) is 0 Å². The number of benzene rings is 1. The molecule has 34 heavy (non-hydrogen) atoms. The number of piperidine rings is 1. The van der Waals surface area contributed by atoms with Gasteiger partial charge in [0.25, 0.3) is 5.91 Å². The molecule has 1 aromatic heterocycles.